The van der Waals surface area contributed by atoms with Crippen LogP contribution in [0.3, 0.4) is 0 Å². The lowest BCUT2D eigenvalue weighted by Crippen LogP contribution is -2.65. The van der Waals surface area contributed by atoms with Gasteiger partial charge in [0.2, 0.25) is 5.88 Å². The van der Waals surface area contributed by atoms with Gasteiger partial charge >= 0.3 is 0 Å². The van der Waals surface area contributed by atoms with Crippen molar-refractivity contribution in [3.8, 4) is 17.4 Å². The summed E-state index contributed by atoms with van der Waals surface area (Å²) in [6.07, 6.45) is 6.65. The molecule has 1 aliphatic carbocycles. The molecule has 12 heteroatoms. The SMILES string of the molecule is CCN(C(=O)c1cc(F)ccc1Oc1cncnc1N1CC2(CC(Oc3ncnc4c3CNC4)C2)C1)C(C)C.Cl. The number of aromatic nitrogens is 4. The number of nitrogens with zero attached hydrogens (tertiary/aromatic N) is 6. The summed E-state index contributed by atoms with van der Waals surface area (Å²) in [6.45, 7) is 9.38. The van der Waals surface area contributed by atoms with Gasteiger partial charge in [-0.25, -0.2) is 24.3 Å². The topological polar surface area (TPSA) is 106 Å². The molecule has 3 aliphatic rings. The van der Waals surface area contributed by atoms with Gasteiger partial charge in [0.1, 0.15) is 30.3 Å². The van der Waals surface area contributed by atoms with Gasteiger partial charge in [0.15, 0.2) is 11.6 Å². The first-order valence-electron chi connectivity index (χ1n) is 13.4. The minimum atomic E-state index is -0.496. The Kier molecular flexibility index (Phi) is 7.78. The summed E-state index contributed by atoms with van der Waals surface area (Å²) < 4.78 is 26.6. The van der Waals surface area contributed by atoms with E-state index in [1.165, 1.54) is 24.5 Å². The van der Waals surface area contributed by atoms with Gasteiger partial charge in [-0.1, -0.05) is 0 Å². The van der Waals surface area contributed by atoms with Crippen molar-refractivity contribution < 1.29 is 18.7 Å². The molecule has 0 unspecified atom stereocenters. The van der Waals surface area contributed by atoms with E-state index in [-0.39, 0.29) is 47.2 Å². The number of halogens is 2. The number of hydrogen-bond acceptors (Lipinski definition) is 9. The highest BCUT2D eigenvalue weighted by atomic mass is 35.5. The van der Waals surface area contributed by atoms with Crippen LogP contribution in [0, 0.1) is 11.2 Å². The molecule has 2 fully saturated rings. The maximum Gasteiger partial charge on any atom is 0.257 e. The molecule has 1 amide bonds. The predicted molar refractivity (Wildman–Crippen MR) is 148 cm³/mol. The van der Waals surface area contributed by atoms with Crippen LogP contribution in [0.15, 0.2) is 37.1 Å². The molecule has 10 nitrogen and oxygen atoms in total. The van der Waals surface area contributed by atoms with Crippen molar-refractivity contribution in [3.63, 3.8) is 0 Å². The molecule has 3 aromatic rings. The predicted octanol–water partition coefficient (Wildman–Crippen LogP) is 4.14. The van der Waals surface area contributed by atoms with Crippen molar-refractivity contribution in [2.75, 3.05) is 24.5 Å². The van der Waals surface area contributed by atoms with Crippen molar-refractivity contribution in [2.45, 2.75) is 58.8 Å². The van der Waals surface area contributed by atoms with Gasteiger partial charge in [0.25, 0.3) is 5.91 Å². The van der Waals surface area contributed by atoms with Crippen LogP contribution >= 0.6 is 12.4 Å². The van der Waals surface area contributed by atoms with E-state index >= 15 is 0 Å². The molecule has 6 rings (SSSR count). The second-order valence-corrected chi connectivity index (χ2v) is 10.8. The number of hydrogen-bond donors (Lipinski definition) is 1. The number of benzene rings is 1. The molecule has 1 saturated carbocycles. The Morgan fingerprint density at radius 1 is 1.18 bits per heavy atom. The smallest absolute Gasteiger partial charge is 0.257 e. The van der Waals surface area contributed by atoms with Crippen LogP contribution in [-0.4, -0.2) is 62.5 Å². The van der Waals surface area contributed by atoms with E-state index < -0.39 is 5.82 Å². The molecule has 40 heavy (non-hydrogen) atoms. The maximum atomic E-state index is 14.2. The lowest BCUT2D eigenvalue weighted by molar-refractivity contribution is -0.0369. The summed E-state index contributed by atoms with van der Waals surface area (Å²) in [5.41, 5.74) is 2.41. The highest BCUT2D eigenvalue weighted by Crippen LogP contribution is 2.52. The minimum absolute atomic E-state index is 0. The van der Waals surface area contributed by atoms with Gasteiger partial charge in [-0.3, -0.25) is 4.79 Å². The molecular formula is C28H33ClFN7O3. The summed E-state index contributed by atoms with van der Waals surface area (Å²) in [5, 5.41) is 3.30. The Hall–Kier alpha value is -3.57. The third-order valence-corrected chi connectivity index (χ3v) is 7.82. The Balaban J connectivity index is 0.00000323. The molecule has 0 atom stereocenters. The molecule has 1 saturated heterocycles. The molecule has 0 radical (unpaired) electrons. The van der Waals surface area contributed by atoms with Crippen LogP contribution < -0.4 is 19.7 Å². The van der Waals surface area contributed by atoms with Gasteiger partial charge in [-0.2, -0.15) is 0 Å². The van der Waals surface area contributed by atoms with Crippen molar-refractivity contribution in [1.82, 2.24) is 30.2 Å². The summed E-state index contributed by atoms with van der Waals surface area (Å²) >= 11 is 0. The first-order chi connectivity index (χ1) is 18.9. The van der Waals surface area contributed by atoms with Crippen LogP contribution in [0.4, 0.5) is 10.2 Å². The quantitative estimate of drug-likeness (QED) is 0.428. The Morgan fingerprint density at radius 2 is 1.98 bits per heavy atom. The Labute approximate surface area is 238 Å². The first-order valence-corrected chi connectivity index (χ1v) is 13.4. The van der Waals surface area contributed by atoms with Gasteiger partial charge < -0.3 is 24.6 Å². The number of ether oxygens (including phenoxy) is 2. The molecule has 4 heterocycles. The van der Waals surface area contributed by atoms with E-state index in [0.29, 0.717) is 24.0 Å². The van der Waals surface area contributed by atoms with E-state index in [0.717, 1.165) is 50.3 Å². The molecule has 1 N–H and O–H groups in total. The fourth-order valence-corrected chi connectivity index (χ4v) is 5.88. The van der Waals surface area contributed by atoms with Crippen molar-refractivity contribution in [2.24, 2.45) is 5.41 Å². The molecule has 1 spiro atoms. The van der Waals surface area contributed by atoms with Gasteiger partial charge in [-0.15, -0.1) is 12.4 Å². The van der Waals surface area contributed by atoms with Crippen LogP contribution in [0.25, 0.3) is 0 Å². The van der Waals surface area contributed by atoms with E-state index in [1.807, 2.05) is 20.8 Å². The third kappa shape index (κ3) is 5.15. The summed E-state index contributed by atoms with van der Waals surface area (Å²) in [6, 6.07) is 3.96. The van der Waals surface area contributed by atoms with Gasteiger partial charge in [0, 0.05) is 44.2 Å². The van der Waals surface area contributed by atoms with E-state index in [4.69, 9.17) is 9.47 Å². The zero-order chi connectivity index (χ0) is 27.1. The first kappa shape index (κ1) is 28.0. The number of carbonyl (C=O) groups excluding carboxylic acids is 1. The van der Waals surface area contributed by atoms with Gasteiger partial charge in [0.05, 0.1) is 23.0 Å². The second-order valence-electron chi connectivity index (χ2n) is 10.8. The third-order valence-electron chi connectivity index (χ3n) is 7.82. The number of nitrogens with one attached hydrogen (secondary N) is 1. The van der Waals surface area contributed by atoms with Crippen molar-refractivity contribution in [3.05, 3.63) is 59.7 Å². The number of rotatable bonds is 8. The molecule has 0 bridgehead atoms. The highest BCUT2D eigenvalue weighted by Gasteiger charge is 2.54. The Bertz CT molecular complexity index is 1390. The van der Waals surface area contributed by atoms with Crippen LogP contribution in [-0.2, 0) is 13.1 Å². The monoisotopic (exact) mass is 569 g/mol. The second kappa shape index (κ2) is 11.1. The molecule has 212 valence electrons. The van der Waals surface area contributed by atoms with E-state index in [9.17, 15) is 9.18 Å². The number of carbonyl (C=O) groups is 1. The number of fused-ring (bicyclic) bond motifs is 1. The highest BCUT2D eigenvalue weighted by molar-refractivity contribution is 5.97. The van der Waals surface area contributed by atoms with Crippen LogP contribution in [0.1, 0.15) is 55.2 Å². The normalized spacial score (nSPS) is 17.1. The molecular weight excluding hydrogens is 537 g/mol. The van der Waals surface area contributed by atoms with Crippen LogP contribution in [0.5, 0.6) is 17.4 Å². The number of anilines is 1. The van der Waals surface area contributed by atoms with E-state index in [2.05, 4.69) is 30.2 Å². The van der Waals surface area contributed by atoms with Crippen molar-refractivity contribution in [1.29, 1.82) is 0 Å². The lowest BCUT2D eigenvalue weighted by Gasteiger charge is -2.58. The standard InChI is InChI=1S/C28H32FN7O3.ClH/c1-4-36(17(2)3)27(37)20-7-18(29)5-6-23(20)39-24-12-31-15-33-25(24)35-13-28(14-35)8-19(9-28)38-26-21-10-30-11-22(21)32-16-34-26;/h5-7,12,15-17,19,30H,4,8-11,13-14H2,1-3H3;1H. The fourth-order valence-electron chi connectivity index (χ4n) is 5.88. The summed E-state index contributed by atoms with van der Waals surface area (Å²) in [5.74, 6) is 1.26. The molecule has 2 aliphatic heterocycles. The average molecular weight is 570 g/mol. The number of amides is 1. The summed E-state index contributed by atoms with van der Waals surface area (Å²) in [4.78, 5) is 34.4. The minimum Gasteiger partial charge on any atom is -0.474 e. The molecule has 1 aromatic carbocycles. The van der Waals surface area contributed by atoms with Crippen LogP contribution in [0.2, 0.25) is 0 Å². The fraction of sp³-hybridized carbons (Fsp3) is 0.464. The van der Waals surface area contributed by atoms with Gasteiger partial charge in [-0.05, 0) is 51.8 Å². The molecule has 2 aromatic heterocycles. The van der Waals surface area contributed by atoms with E-state index in [1.54, 1.807) is 17.4 Å². The lowest BCUT2D eigenvalue weighted by atomic mass is 9.61. The zero-order valence-electron chi connectivity index (χ0n) is 22.8. The van der Waals surface area contributed by atoms with Crippen molar-refractivity contribution >= 4 is 24.1 Å². The zero-order valence-corrected chi connectivity index (χ0v) is 23.6. The largest absolute Gasteiger partial charge is 0.474 e. The average Bonchev–Trinajstić information content (AvgIpc) is 3.36. The maximum absolute atomic E-state index is 14.2. The summed E-state index contributed by atoms with van der Waals surface area (Å²) in [7, 11) is 0. The Morgan fingerprint density at radius 3 is 2.73 bits per heavy atom.